The summed E-state index contributed by atoms with van der Waals surface area (Å²) < 4.78 is 24.2. The summed E-state index contributed by atoms with van der Waals surface area (Å²) in [5, 5.41) is 9.30. The quantitative estimate of drug-likeness (QED) is 0.836. The smallest absolute Gasteiger partial charge is 0.305 e. The van der Waals surface area contributed by atoms with Crippen LogP contribution < -0.4 is 0 Å². The normalized spacial score (nSPS) is 21.9. The summed E-state index contributed by atoms with van der Waals surface area (Å²) in [5.41, 5.74) is 0.878. The summed E-state index contributed by atoms with van der Waals surface area (Å²) in [6.45, 7) is 0. The number of rotatable bonds is 3. The fraction of sp³-hybridized carbons (Fsp3) is 0.316. The maximum absolute atomic E-state index is 12.7. The van der Waals surface area contributed by atoms with E-state index < -0.39 is 20.6 Å². The van der Waals surface area contributed by atoms with Crippen LogP contribution in [-0.4, -0.2) is 25.2 Å². The Bertz CT molecular complexity index is 933. The predicted octanol–water partition coefficient (Wildman–Crippen LogP) is 3.42. The second-order valence-electron chi connectivity index (χ2n) is 6.12. The van der Waals surface area contributed by atoms with Crippen molar-refractivity contribution in [2.45, 2.75) is 30.4 Å². The highest BCUT2D eigenvalue weighted by Crippen LogP contribution is 2.45. The number of hydrogen-bond acceptors (Lipinski definition) is 4. The van der Waals surface area contributed by atoms with Gasteiger partial charge in [-0.2, -0.15) is 0 Å². The van der Waals surface area contributed by atoms with Crippen LogP contribution in [0.1, 0.15) is 41.0 Å². The fourth-order valence-electron chi connectivity index (χ4n) is 3.16. The lowest BCUT2D eigenvalue weighted by Gasteiger charge is -2.34. The van der Waals surface area contributed by atoms with Crippen molar-refractivity contribution < 1.29 is 18.3 Å². The van der Waals surface area contributed by atoms with Gasteiger partial charge in [-0.05, 0) is 37.1 Å². The van der Waals surface area contributed by atoms with Gasteiger partial charge in [-0.15, -0.1) is 11.3 Å². The van der Waals surface area contributed by atoms with Crippen LogP contribution in [0.15, 0.2) is 42.5 Å². The SMILES string of the molecule is O=C(O)C[C@]1(c2ccc(C#Cc3ccccc3)s2)CCCCS1(=O)=O. The molecule has 0 spiro atoms. The second kappa shape index (κ2) is 7.03. The van der Waals surface area contributed by atoms with Crippen LogP contribution in [0, 0.1) is 11.8 Å². The van der Waals surface area contributed by atoms with Gasteiger partial charge in [0.1, 0.15) is 4.75 Å². The van der Waals surface area contributed by atoms with Gasteiger partial charge in [0, 0.05) is 10.4 Å². The molecule has 1 aliphatic heterocycles. The van der Waals surface area contributed by atoms with Crippen LogP contribution in [0.3, 0.4) is 0 Å². The van der Waals surface area contributed by atoms with E-state index in [1.807, 2.05) is 30.3 Å². The number of carbonyl (C=O) groups is 1. The molecule has 0 aliphatic carbocycles. The highest BCUT2D eigenvalue weighted by atomic mass is 32.2. The molecule has 0 amide bonds. The van der Waals surface area contributed by atoms with Gasteiger partial charge < -0.3 is 5.11 Å². The Kier molecular flexibility index (Phi) is 4.98. The van der Waals surface area contributed by atoms with Crippen molar-refractivity contribution in [2.75, 3.05) is 5.75 Å². The molecule has 2 aromatic rings. The predicted molar refractivity (Wildman–Crippen MR) is 98.3 cm³/mol. The number of carboxylic acids is 1. The summed E-state index contributed by atoms with van der Waals surface area (Å²) in [6, 6.07) is 13.0. The van der Waals surface area contributed by atoms with Crippen molar-refractivity contribution in [2.24, 2.45) is 0 Å². The number of aliphatic carboxylic acids is 1. The van der Waals surface area contributed by atoms with Crippen molar-refractivity contribution in [1.82, 2.24) is 0 Å². The summed E-state index contributed by atoms with van der Waals surface area (Å²) in [7, 11) is -3.51. The monoisotopic (exact) mass is 374 g/mol. The van der Waals surface area contributed by atoms with Gasteiger partial charge in [0.25, 0.3) is 0 Å². The minimum Gasteiger partial charge on any atom is -0.481 e. The van der Waals surface area contributed by atoms with Crippen LogP contribution in [0.2, 0.25) is 0 Å². The first-order valence-electron chi connectivity index (χ1n) is 8.04. The molecular formula is C19H18O4S2. The largest absolute Gasteiger partial charge is 0.481 e. The summed E-state index contributed by atoms with van der Waals surface area (Å²) in [4.78, 5) is 12.7. The van der Waals surface area contributed by atoms with Crippen molar-refractivity contribution in [3.8, 4) is 11.8 Å². The number of carboxylic acid groups (broad SMARTS) is 1. The van der Waals surface area contributed by atoms with Crippen LogP contribution in [0.25, 0.3) is 0 Å². The summed E-state index contributed by atoms with van der Waals surface area (Å²) >= 11 is 1.29. The van der Waals surface area contributed by atoms with Crippen molar-refractivity contribution in [3.05, 3.63) is 57.8 Å². The van der Waals surface area contributed by atoms with Gasteiger partial charge >= 0.3 is 5.97 Å². The molecule has 1 N–H and O–H groups in total. The average molecular weight is 374 g/mol. The van der Waals surface area contributed by atoms with E-state index in [0.29, 0.717) is 17.7 Å². The standard InChI is InChI=1S/C19H18O4S2/c20-18(21)14-19(12-4-5-13-25(19,22)23)17-11-10-16(24-17)9-8-15-6-2-1-3-7-15/h1-3,6-7,10-11H,4-5,12-14H2,(H,20,21)/t19-/m0/s1. The maximum Gasteiger partial charge on any atom is 0.305 e. The molecule has 4 nitrogen and oxygen atoms in total. The zero-order chi connectivity index (χ0) is 17.9. The molecule has 1 aromatic carbocycles. The first kappa shape index (κ1) is 17.7. The van der Waals surface area contributed by atoms with Gasteiger partial charge in [0.05, 0.1) is 17.1 Å². The molecule has 1 aliphatic rings. The third-order valence-corrected chi connectivity index (χ3v) is 8.35. The minimum atomic E-state index is -3.51. The summed E-state index contributed by atoms with van der Waals surface area (Å²) in [5.74, 6) is 5.05. The van der Waals surface area contributed by atoms with E-state index in [9.17, 15) is 18.3 Å². The molecular weight excluding hydrogens is 356 g/mol. The second-order valence-corrected chi connectivity index (χ2v) is 9.62. The van der Waals surface area contributed by atoms with E-state index >= 15 is 0 Å². The van der Waals surface area contributed by atoms with Crippen molar-refractivity contribution >= 4 is 27.1 Å². The molecule has 1 atom stereocenters. The van der Waals surface area contributed by atoms with Crippen LogP contribution in [0.4, 0.5) is 0 Å². The van der Waals surface area contributed by atoms with E-state index in [4.69, 9.17) is 0 Å². The van der Waals surface area contributed by atoms with E-state index in [1.54, 1.807) is 12.1 Å². The molecule has 6 heteroatoms. The number of thiophene rings is 1. The molecule has 1 fully saturated rings. The Balaban J connectivity index is 1.98. The number of benzene rings is 1. The van der Waals surface area contributed by atoms with E-state index in [0.717, 1.165) is 16.9 Å². The summed E-state index contributed by atoms with van der Waals surface area (Å²) in [6.07, 6.45) is 1.28. The van der Waals surface area contributed by atoms with Gasteiger partial charge in [0.2, 0.25) is 0 Å². The minimum absolute atomic E-state index is 0.0448. The molecule has 2 heterocycles. The fourth-order valence-corrected chi connectivity index (χ4v) is 6.79. The first-order valence-corrected chi connectivity index (χ1v) is 10.5. The lowest BCUT2D eigenvalue weighted by atomic mass is 9.95. The van der Waals surface area contributed by atoms with E-state index in [1.165, 1.54) is 11.3 Å². The van der Waals surface area contributed by atoms with Gasteiger partial charge in [-0.1, -0.05) is 36.5 Å². The molecule has 3 rings (SSSR count). The van der Waals surface area contributed by atoms with E-state index in [-0.39, 0.29) is 12.2 Å². The number of sulfone groups is 1. The Morgan fingerprint density at radius 1 is 1.12 bits per heavy atom. The highest BCUT2D eigenvalue weighted by molar-refractivity contribution is 7.92. The van der Waals surface area contributed by atoms with E-state index in [2.05, 4.69) is 11.8 Å². The molecule has 0 saturated carbocycles. The van der Waals surface area contributed by atoms with Crippen LogP contribution in [0.5, 0.6) is 0 Å². The molecule has 0 bridgehead atoms. The topological polar surface area (TPSA) is 71.4 Å². The molecule has 0 unspecified atom stereocenters. The molecule has 130 valence electrons. The molecule has 25 heavy (non-hydrogen) atoms. The Morgan fingerprint density at radius 3 is 2.56 bits per heavy atom. The Labute approximate surface area is 151 Å². The Hall–Kier alpha value is -2.10. The van der Waals surface area contributed by atoms with Crippen LogP contribution in [-0.2, 0) is 19.4 Å². The van der Waals surface area contributed by atoms with Crippen molar-refractivity contribution in [1.29, 1.82) is 0 Å². The molecule has 1 aromatic heterocycles. The van der Waals surface area contributed by atoms with Gasteiger partial charge in [0.15, 0.2) is 9.84 Å². The van der Waals surface area contributed by atoms with Gasteiger partial charge in [-0.3, -0.25) is 4.79 Å². The zero-order valence-corrected chi connectivity index (χ0v) is 15.2. The average Bonchev–Trinajstić information content (AvgIpc) is 3.05. The molecule has 0 radical (unpaired) electrons. The third-order valence-electron chi connectivity index (χ3n) is 4.43. The lowest BCUT2D eigenvalue weighted by molar-refractivity contribution is -0.137. The van der Waals surface area contributed by atoms with Crippen molar-refractivity contribution in [3.63, 3.8) is 0 Å². The third kappa shape index (κ3) is 3.63. The highest BCUT2D eigenvalue weighted by Gasteiger charge is 2.49. The number of hydrogen-bond donors (Lipinski definition) is 1. The maximum atomic E-state index is 12.7. The van der Waals surface area contributed by atoms with Gasteiger partial charge in [-0.25, -0.2) is 8.42 Å². The lowest BCUT2D eigenvalue weighted by Crippen LogP contribution is -2.41. The first-order chi connectivity index (χ1) is 11.9. The molecule has 1 saturated heterocycles. The zero-order valence-electron chi connectivity index (χ0n) is 13.6. The Morgan fingerprint density at radius 2 is 1.88 bits per heavy atom. The van der Waals surface area contributed by atoms with Crippen LogP contribution >= 0.6 is 11.3 Å².